The summed E-state index contributed by atoms with van der Waals surface area (Å²) in [5.74, 6) is -0.471. The van der Waals surface area contributed by atoms with Gasteiger partial charge in [-0.1, -0.05) is 0 Å². The molecule has 2 aromatic heterocycles. The van der Waals surface area contributed by atoms with Crippen molar-refractivity contribution >= 4 is 5.97 Å². The summed E-state index contributed by atoms with van der Waals surface area (Å²) in [5.41, 5.74) is 0.461. The Balaban J connectivity index is 2.27. The van der Waals surface area contributed by atoms with E-state index in [-0.39, 0.29) is 6.54 Å². The Morgan fingerprint density at radius 2 is 2.15 bits per heavy atom. The van der Waals surface area contributed by atoms with Crippen molar-refractivity contribution in [3.63, 3.8) is 0 Å². The Morgan fingerprint density at radius 1 is 1.40 bits per heavy atom. The summed E-state index contributed by atoms with van der Waals surface area (Å²) in [6.45, 7) is 1.82. The monoisotopic (exact) mass is 275 g/mol. The van der Waals surface area contributed by atoms with E-state index in [4.69, 9.17) is 0 Å². The second kappa shape index (κ2) is 5.52. The molecule has 0 fully saturated rings. The lowest BCUT2D eigenvalue weighted by molar-refractivity contribution is 0.0600. The smallest absolute Gasteiger partial charge is 0.339 e. The highest BCUT2D eigenvalue weighted by Gasteiger charge is 2.07. The lowest BCUT2D eigenvalue weighted by Gasteiger charge is -2.06. The van der Waals surface area contributed by atoms with Crippen molar-refractivity contribution in [2.45, 2.75) is 13.5 Å². The van der Waals surface area contributed by atoms with Gasteiger partial charge in [-0.15, -0.1) is 0 Å². The quantitative estimate of drug-likeness (QED) is 0.800. The van der Waals surface area contributed by atoms with E-state index in [9.17, 15) is 14.4 Å². The number of methoxy groups -OCH3 is 1. The number of nitrogens with zero attached hydrogens (tertiary/aromatic N) is 2. The fourth-order valence-electron chi connectivity index (χ4n) is 1.67. The Labute approximate surface area is 113 Å². The fourth-order valence-corrected chi connectivity index (χ4v) is 1.67. The number of H-pyrrole nitrogens is 1. The Morgan fingerprint density at radius 3 is 2.75 bits per heavy atom. The van der Waals surface area contributed by atoms with Crippen molar-refractivity contribution in [2.75, 3.05) is 7.11 Å². The van der Waals surface area contributed by atoms with Crippen LogP contribution in [0.3, 0.4) is 0 Å². The Kier molecular flexibility index (Phi) is 3.79. The summed E-state index contributed by atoms with van der Waals surface area (Å²) >= 11 is 0. The molecule has 2 aromatic rings. The average Bonchev–Trinajstić information content (AvgIpc) is 2.44. The number of hydrogen-bond acceptors (Lipinski definition) is 5. The van der Waals surface area contributed by atoms with Gasteiger partial charge in [0.2, 0.25) is 0 Å². The molecule has 0 amide bonds. The average molecular weight is 275 g/mol. The van der Waals surface area contributed by atoms with Gasteiger partial charge in [0.15, 0.2) is 0 Å². The minimum Gasteiger partial charge on any atom is -0.465 e. The largest absolute Gasteiger partial charge is 0.465 e. The third kappa shape index (κ3) is 2.82. The molecule has 0 radical (unpaired) electrons. The van der Waals surface area contributed by atoms with E-state index in [2.05, 4.69) is 14.7 Å². The molecule has 0 unspecified atom stereocenters. The molecule has 0 saturated carbocycles. The topological polar surface area (TPSA) is 94.0 Å². The van der Waals surface area contributed by atoms with Crippen LogP contribution in [0, 0.1) is 6.92 Å². The first-order chi connectivity index (χ1) is 9.51. The number of esters is 1. The van der Waals surface area contributed by atoms with Crippen LogP contribution in [-0.2, 0) is 11.3 Å². The lowest BCUT2D eigenvalue weighted by Crippen LogP contribution is -2.31. The molecule has 1 N–H and O–H groups in total. The van der Waals surface area contributed by atoms with Gasteiger partial charge in [0, 0.05) is 18.0 Å². The van der Waals surface area contributed by atoms with Crippen LogP contribution < -0.4 is 11.2 Å². The number of nitrogens with one attached hydrogen (secondary N) is 1. The van der Waals surface area contributed by atoms with Crippen LogP contribution in [0.4, 0.5) is 0 Å². The molecule has 0 atom stereocenters. The van der Waals surface area contributed by atoms with Crippen molar-refractivity contribution in [3.8, 4) is 0 Å². The predicted molar refractivity (Wildman–Crippen MR) is 70.7 cm³/mol. The number of aryl methyl sites for hydroxylation is 1. The number of hydrogen-bond donors (Lipinski definition) is 1. The number of carbonyl (C=O) groups excluding carboxylic acids is 1. The normalized spacial score (nSPS) is 10.3. The van der Waals surface area contributed by atoms with Gasteiger partial charge in [0.25, 0.3) is 5.56 Å². The number of pyridine rings is 1. The molecule has 0 aliphatic heterocycles. The summed E-state index contributed by atoms with van der Waals surface area (Å²) in [5, 5.41) is 0. The molecular formula is C13H13N3O4. The van der Waals surface area contributed by atoms with Gasteiger partial charge >= 0.3 is 11.7 Å². The molecule has 0 bridgehead atoms. The molecule has 2 rings (SSSR count). The van der Waals surface area contributed by atoms with Gasteiger partial charge in [-0.2, -0.15) is 0 Å². The summed E-state index contributed by atoms with van der Waals surface area (Å²) in [6.07, 6.45) is 2.85. The van der Waals surface area contributed by atoms with E-state index >= 15 is 0 Å². The SMILES string of the molecule is COC(=O)c1ccc(Cn2cc(C)c(=O)[nH]c2=O)nc1. The minimum atomic E-state index is -0.501. The second-order valence-electron chi connectivity index (χ2n) is 4.23. The van der Waals surface area contributed by atoms with Crippen molar-refractivity contribution < 1.29 is 9.53 Å². The summed E-state index contributed by atoms with van der Waals surface area (Å²) in [4.78, 5) is 40.4. The molecule has 7 nitrogen and oxygen atoms in total. The van der Waals surface area contributed by atoms with Crippen LogP contribution >= 0.6 is 0 Å². The maximum atomic E-state index is 11.6. The van der Waals surface area contributed by atoms with Gasteiger partial charge in [-0.3, -0.25) is 19.3 Å². The predicted octanol–water partition coefficient (Wildman–Crippen LogP) is 0.0749. The highest BCUT2D eigenvalue weighted by molar-refractivity contribution is 5.88. The maximum absolute atomic E-state index is 11.6. The molecule has 0 spiro atoms. The molecule has 0 aliphatic rings. The first-order valence-electron chi connectivity index (χ1n) is 5.85. The summed E-state index contributed by atoms with van der Waals surface area (Å²) in [6, 6.07) is 3.19. The van der Waals surface area contributed by atoms with Gasteiger partial charge < -0.3 is 4.74 Å². The molecular weight excluding hydrogens is 262 g/mol. The second-order valence-corrected chi connectivity index (χ2v) is 4.23. The number of aromatic nitrogens is 3. The number of aromatic amines is 1. The van der Waals surface area contributed by atoms with Gasteiger partial charge in [0.05, 0.1) is 24.9 Å². The molecule has 104 valence electrons. The third-order valence-electron chi connectivity index (χ3n) is 2.77. The van der Waals surface area contributed by atoms with E-state index in [1.54, 1.807) is 19.1 Å². The van der Waals surface area contributed by atoms with E-state index < -0.39 is 17.2 Å². The zero-order valence-corrected chi connectivity index (χ0v) is 11.0. The van der Waals surface area contributed by atoms with Crippen LogP contribution in [-0.4, -0.2) is 27.6 Å². The fraction of sp³-hybridized carbons (Fsp3) is 0.231. The number of carbonyl (C=O) groups is 1. The summed E-state index contributed by atoms with van der Waals surface area (Å²) < 4.78 is 5.91. The van der Waals surface area contributed by atoms with Gasteiger partial charge in [0.1, 0.15) is 0 Å². The Bertz CT molecular complexity index is 743. The van der Waals surface area contributed by atoms with E-state index in [1.807, 2.05) is 0 Å². The van der Waals surface area contributed by atoms with Gasteiger partial charge in [-0.05, 0) is 19.1 Å². The standard InChI is InChI=1S/C13H13N3O4/c1-8-6-16(13(19)15-11(8)17)7-10-4-3-9(5-14-10)12(18)20-2/h3-6H,7H2,1-2H3,(H,15,17,19). The first-order valence-corrected chi connectivity index (χ1v) is 5.85. The van der Waals surface area contributed by atoms with E-state index in [0.29, 0.717) is 16.8 Å². The zero-order chi connectivity index (χ0) is 14.7. The Hall–Kier alpha value is -2.70. The summed E-state index contributed by atoms with van der Waals surface area (Å²) in [7, 11) is 1.29. The van der Waals surface area contributed by atoms with E-state index in [1.165, 1.54) is 24.1 Å². The molecule has 0 aromatic carbocycles. The van der Waals surface area contributed by atoms with Crippen LogP contribution in [0.5, 0.6) is 0 Å². The van der Waals surface area contributed by atoms with Crippen molar-refractivity contribution in [2.24, 2.45) is 0 Å². The van der Waals surface area contributed by atoms with Gasteiger partial charge in [-0.25, -0.2) is 9.59 Å². The van der Waals surface area contributed by atoms with Crippen molar-refractivity contribution in [3.05, 3.63) is 62.2 Å². The van der Waals surface area contributed by atoms with Crippen LogP contribution in [0.15, 0.2) is 34.1 Å². The molecule has 7 heteroatoms. The molecule has 2 heterocycles. The lowest BCUT2D eigenvalue weighted by atomic mass is 10.2. The highest BCUT2D eigenvalue weighted by Crippen LogP contribution is 2.03. The van der Waals surface area contributed by atoms with Crippen molar-refractivity contribution in [1.82, 2.24) is 14.5 Å². The molecule has 0 aliphatic carbocycles. The minimum absolute atomic E-state index is 0.206. The first kappa shape index (κ1) is 13.7. The van der Waals surface area contributed by atoms with E-state index in [0.717, 1.165) is 0 Å². The zero-order valence-electron chi connectivity index (χ0n) is 11.0. The van der Waals surface area contributed by atoms with Crippen molar-refractivity contribution in [1.29, 1.82) is 0 Å². The number of ether oxygens (including phenoxy) is 1. The molecule has 20 heavy (non-hydrogen) atoms. The number of rotatable bonds is 3. The highest BCUT2D eigenvalue weighted by atomic mass is 16.5. The van der Waals surface area contributed by atoms with Crippen LogP contribution in [0.1, 0.15) is 21.6 Å². The van der Waals surface area contributed by atoms with Crippen LogP contribution in [0.2, 0.25) is 0 Å². The molecule has 0 saturated heterocycles. The maximum Gasteiger partial charge on any atom is 0.339 e. The van der Waals surface area contributed by atoms with Crippen LogP contribution in [0.25, 0.3) is 0 Å². The third-order valence-corrected chi connectivity index (χ3v) is 2.77.